The summed E-state index contributed by atoms with van der Waals surface area (Å²) in [5, 5.41) is 0. The minimum atomic E-state index is 0.144. The fourth-order valence-corrected chi connectivity index (χ4v) is 3.40. The minimum Gasteiger partial charge on any atom is -0.343 e. The molecule has 0 aromatic rings. The highest BCUT2D eigenvalue weighted by molar-refractivity contribution is 5.80. The maximum absolute atomic E-state index is 12.5. The van der Waals surface area contributed by atoms with E-state index in [-0.39, 0.29) is 11.8 Å². The third kappa shape index (κ3) is 3.74. The van der Waals surface area contributed by atoms with Crippen LogP contribution in [0.15, 0.2) is 0 Å². The predicted molar refractivity (Wildman–Crippen MR) is 79.2 cm³/mol. The zero-order valence-electron chi connectivity index (χ0n) is 12.9. The van der Waals surface area contributed by atoms with E-state index in [1.54, 1.807) is 0 Å². The van der Waals surface area contributed by atoms with Crippen LogP contribution in [0.4, 0.5) is 0 Å². The largest absolute Gasteiger partial charge is 0.343 e. The van der Waals surface area contributed by atoms with Crippen molar-refractivity contribution in [3.05, 3.63) is 0 Å². The SMILES string of the molecule is CCCC(=O)N1CCC(C(=O)N2CCC[C@H](C)C2)CC1. The van der Waals surface area contributed by atoms with Gasteiger partial charge in [-0.3, -0.25) is 9.59 Å². The molecule has 20 heavy (non-hydrogen) atoms. The Morgan fingerprint density at radius 1 is 1.05 bits per heavy atom. The lowest BCUT2D eigenvalue weighted by Crippen LogP contribution is -2.46. The summed E-state index contributed by atoms with van der Waals surface area (Å²) in [5.41, 5.74) is 0. The number of carbonyl (C=O) groups excluding carboxylic acids is 2. The number of likely N-dealkylation sites (tertiary alicyclic amines) is 2. The predicted octanol–water partition coefficient (Wildman–Crippen LogP) is 2.28. The smallest absolute Gasteiger partial charge is 0.225 e. The van der Waals surface area contributed by atoms with Crippen LogP contribution in [-0.2, 0) is 9.59 Å². The highest BCUT2D eigenvalue weighted by Gasteiger charge is 2.31. The molecule has 1 atom stereocenters. The lowest BCUT2D eigenvalue weighted by molar-refractivity contribution is -0.142. The summed E-state index contributed by atoms with van der Waals surface area (Å²) >= 11 is 0. The highest BCUT2D eigenvalue weighted by Crippen LogP contribution is 2.23. The van der Waals surface area contributed by atoms with Crippen molar-refractivity contribution < 1.29 is 9.59 Å². The first-order valence-electron chi connectivity index (χ1n) is 8.18. The van der Waals surface area contributed by atoms with E-state index in [0.717, 1.165) is 51.9 Å². The summed E-state index contributed by atoms with van der Waals surface area (Å²) in [6.07, 6.45) is 5.62. The standard InChI is InChI=1S/C16H28N2O2/c1-3-5-15(19)17-10-7-14(8-11-17)16(20)18-9-4-6-13(2)12-18/h13-14H,3-12H2,1-2H3/t13-/m0/s1. The van der Waals surface area contributed by atoms with Gasteiger partial charge < -0.3 is 9.80 Å². The molecule has 0 aromatic heterocycles. The van der Waals surface area contributed by atoms with E-state index in [4.69, 9.17) is 0 Å². The molecule has 4 heteroatoms. The molecule has 2 heterocycles. The monoisotopic (exact) mass is 280 g/mol. The maximum Gasteiger partial charge on any atom is 0.225 e. The van der Waals surface area contributed by atoms with Crippen LogP contribution in [0.3, 0.4) is 0 Å². The summed E-state index contributed by atoms with van der Waals surface area (Å²) in [4.78, 5) is 28.4. The first-order valence-corrected chi connectivity index (χ1v) is 8.18. The van der Waals surface area contributed by atoms with Crippen molar-refractivity contribution in [1.82, 2.24) is 9.80 Å². The molecule has 0 spiro atoms. The molecule has 4 nitrogen and oxygen atoms in total. The maximum atomic E-state index is 12.5. The van der Waals surface area contributed by atoms with Gasteiger partial charge in [0.15, 0.2) is 0 Å². The Kier molecular flexibility index (Phi) is 5.44. The van der Waals surface area contributed by atoms with Gasteiger partial charge in [0.1, 0.15) is 0 Å². The fourth-order valence-electron chi connectivity index (χ4n) is 3.40. The van der Waals surface area contributed by atoms with Crippen LogP contribution in [0.2, 0.25) is 0 Å². The molecular weight excluding hydrogens is 252 g/mol. The topological polar surface area (TPSA) is 40.6 Å². The minimum absolute atomic E-state index is 0.144. The number of amides is 2. The molecular formula is C16H28N2O2. The molecule has 2 fully saturated rings. The molecule has 2 rings (SSSR count). The number of hydrogen-bond donors (Lipinski definition) is 0. The second-order valence-corrected chi connectivity index (χ2v) is 6.44. The average molecular weight is 280 g/mol. The first kappa shape index (κ1) is 15.3. The van der Waals surface area contributed by atoms with Gasteiger partial charge in [0.05, 0.1) is 0 Å². The molecule has 0 radical (unpaired) electrons. The van der Waals surface area contributed by atoms with Crippen molar-refractivity contribution in [2.75, 3.05) is 26.2 Å². The summed E-state index contributed by atoms with van der Waals surface area (Å²) in [5.74, 6) is 1.37. The first-order chi connectivity index (χ1) is 9.61. The van der Waals surface area contributed by atoms with Crippen LogP contribution in [-0.4, -0.2) is 47.8 Å². The normalized spacial score (nSPS) is 24.8. The summed E-state index contributed by atoms with van der Waals surface area (Å²) in [6.45, 7) is 7.64. The molecule has 0 N–H and O–H groups in total. The Morgan fingerprint density at radius 3 is 2.35 bits per heavy atom. The van der Waals surface area contributed by atoms with Gasteiger partial charge in [0.2, 0.25) is 11.8 Å². The van der Waals surface area contributed by atoms with Gasteiger partial charge in [0.25, 0.3) is 0 Å². The Labute approximate surface area is 122 Å². The van der Waals surface area contributed by atoms with Gasteiger partial charge in [-0.25, -0.2) is 0 Å². The molecule has 2 aliphatic rings. The lowest BCUT2D eigenvalue weighted by atomic mass is 9.92. The van der Waals surface area contributed by atoms with Crippen LogP contribution in [0.5, 0.6) is 0 Å². The van der Waals surface area contributed by atoms with E-state index < -0.39 is 0 Å². The average Bonchev–Trinajstić information content (AvgIpc) is 2.47. The summed E-state index contributed by atoms with van der Waals surface area (Å²) in [7, 11) is 0. The second-order valence-electron chi connectivity index (χ2n) is 6.44. The number of nitrogens with zero attached hydrogens (tertiary/aromatic N) is 2. The van der Waals surface area contributed by atoms with Gasteiger partial charge in [-0.2, -0.15) is 0 Å². The van der Waals surface area contributed by atoms with E-state index in [1.807, 2.05) is 11.8 Å². The van der Waals surface area contributed by atoms with Gasteiger partial charge >= 0.3 is 0 Å². The Balaban J connectivity index is 1.81. The number of hydrogen-bond acceptors (Lipinski definition) is 2. The van der Waals surface area contributed by atoms with Gasteiger partial charge in [-0.05, 0) is 38.0 Å². The molecule has 114 valence electrons. The third-order valence-electron chi connectivity index (χ3n) is 4.63. The highest BCUT2D eigenvalue weighted by atomic mass is 16.2. The van der Waals surface area contributed by atoms with Crippen molar-refractivity contribution in [3.63, 3.8) is 0 Å². The van der Waals surface area contributed by atoms with E-state index in [9.17, 15) is 9.59 Å². The van der Waals surface area contributed by atoms with Crippen LogP contribution in [0.25, 0.3) is 0 Å². The fraction of sp³-hybridized carbons (Fsp3) is 0.875. The molecule has 2 amide bonds. The molecule has 0 aromatic carbocycles. The van der Waals surface area contributed by atoms with E-state index in [1.165, 1.54) is 6.42 Å². The van der Waals surface area contributed by atoms with Crippen LogP contribution < -0.4 is 0 Å². The van der Waals surface area contributed by atoms with Gasteiger partial charge in [0, 0.05) is 38.5 Å². The number of piperidine rings is 2. The van der Waals surface area contributed by atoms with Crippen LogP contribution in [0.1, 0.15) is 52.4 Å². The summed E-state index contributed by atoms with van der Waals surface area (Å²) < 4.78 is 0. The second kappa shape index (κ2) is 7.09. The lowest BCUT2D eigenvalue weighted by Gasteiger charge is -2.37. The Hall–Kier alpha value is -1.06. The van der Waals surface area contributed by atoms with Crippen molar-refractivity contribution in [2.24, 2.45) is 11.8 Å². The summed E-state index contributed by atoms with van der Waals surface area (Å²) in [6, 6.07) is 0. The third-order valence-corrected chi connectivity index (χ3v) is 4.63. The molecule has 0 bridgehead atoms. The van der Waals surface area contributed by atoms with Gasteiger partial charge in [-0.15, -0.1) is 0 Å². The van der Waals surface area contributed by atoms with E-state index in [0.29, 0.717) is 18.2 Å². The van der Waals surface area contributed by atoms with Crippen molar-refractivity contribution in [3.8, 4) is 0 Å². The molecule has 2 aliphatic heterocycles. The quantitative estimate of drug-likeness (QED) is 0.796. The molecule has 0 saturated carbocycles. The van der Waals surface area contributed by atoms with Crippen molar-refractivity contribution in [2.45, 2.75) is 52.4 Å². The van der Waals surface area contributed by atoms with Crippen LogP contribution >= 0.6 is 0 Å². The molecule has 0 unspecified atom stereocenters. The number of rotatable bonds is 3. The molecule has 2 saturated heterocycles. The molecule has 0 aliphatic carbocycles. The Bertz CT molecular complexity index is 348. The Morgan fingerprint density at radius 2 is 1.75 bits per heavy atom. The van der Waals surface area contributed by atoms with E-state index in [2.05, 4.69) is 11.8 Å². The van der Waals surface area contributed by atoms with E-state index >= 15 is 0 Å². The van der Waals surface area contributed by atoms with Crippen molar-refractivity contribution in [1.29, 1.82) is 0 Å². The van der Waals surface area contributed by atoms with Crippen LogP contribution in [0, 0.1) is 11.8 Å². The van der Waals surface area contributed by atoms with Crippen molar-refractivity contribution >= 4 is 11.8 Å². The zero-order valence-corrected chi connectivity index (χ0v) is 12.9. The van der Waals surface area contributed by atoms with Gasteiger partial charge in [-0.1, -0.05) is 13.8 Å². The zero-order chi connectivity index (χ0) is 14.5. The number of carbonyl (C=O) groups is 2.